The fraction of sp³-hybridized carbons (Fsp3) is 0.643. The maximum absolute atomic E-state index is 10.5. The van der Waals surface area contributed by atoms with E-state index in [2.05, 4.69) is 24.1 Å². The molecule has 0 spiro atoms. The summed E-state index contributed by atoms with van der Waals surface area (Å²) in [4.78, 5) is 4.14. The number of pyridine rings is 1. The largest absolute Gasteiger partial charge is 0.399 e. The van der Waals surface area contributed by atoms with Crippen molar-refractivity contribution in [2.45, 2.75) is 45.1 Å². The lowest BCUT2D eigenvalue weighted by molar-refractivity contribution is -0.0145. The first-order valence-corrected chi connectivity index (χ1v) is 7.05. The second-order valence-electron chi connectivity index (χ2n) is 6.35. The first kappa shape index (κ1) is 14.4. The van der Waals surface area contributed by atoms with Gasteiger partial charge in [0.25, 0.3) is 0 Å². The Hall–Kier alpha value is -1.00. The lowest BCUT2D eigenvalue weighted by Crippen LogP contribution is -2.42. The van der Waals surface area contributed by atoms with E-state index in [0.717, 1.165) is 25.7 Å². The van der Waals surface area contributed by atoms with Crippen LogP contribution in [0.5, 0.6) is 0 Å². The first-order chi connectivity index (χ1) is 8.78. The summed E-state index contributed by atoms with van der Waals surface area (Å²) < 4.78 is 0. The number of hydrogen-bond acceptors (Lipinski definition) is 4. The molecule has 1 aliphatic rings. The number of nitrogens with two attached hydrogens (primary N) is 1. The maximum atomic E-state index is 10.5. The number of rotatable bonds is 3. The van der Waals surface area contributed by atoms with Crippen LogP contribution in [0.3, 0.4) is 0 Å². The Morgan fingerprint density at radius 3 is 2.53 bits per heavy atom. The van der Waals surface area contributed by atoms with Gasteiger partial charge < -0.3 is 16.2 Å². The number of aliphatic hydroxyl groups is 1. The van der Waals surface area contributed by atoms with Crippen LogP contribution in [0.25, 0.3) is 0 Å². The molecule has 0 aromatic carbocycles. The second-order valence-corrected chi connectivity index (χ2v) is 6.74. The van der Waals surface area contributed by atoms with Crippen LogP contribution >= 0.6 is 11.6 Å². The van der Waals surface area contributed by atoms with Gasteiger partial charge in [0.2, 0.25) is 0 Å². The van der Waals surface area contributed by atoms with Gasteiger partial charge in [0, 0.05) is 18.3 Å². The van der Waals surface area contributed by atoms with Crippen LogP contribution in [-0.2, 0) is 0 Å². The SMILES string of the molecule is CC1(C)CCC(O)(CNc2cc(N)cc(Cl)n2)CC1. The molecular weight excluding hydrogens is 262 g/mol. The van der Waals surface area contributed by atoms with Crippen LogP contribution in [0.1, 0.15) is 39.5 Å². The van der Waals surface area contributed by atoms with E-state index in [9.17, 15) is 5.11 Å². The Labute approximate surface area is 119 Å². The third-order valence-electron chi connectivity index (χ3n) is 3.95. The quantitative estimate of drug-likeness (QED) is 0.746. The number of nitrogens with zero attached hydrogens (tertiary/aromatic N) is 1. The molecule has 5 heteroatoms. The number of hydrogen-bond donors (Lipinski definition) is 3. The monoisotopic (exact) mass is 283 g/mol. The van der Waals surface area contributed by atoms with E-state index in [-0.39, 0.29) is 0 Å². The third-order valence-corrected chi connectivity index (χ3v) is 4.14. The summed E-state index contributed by atoms with van der Waals surface area (Å²) in [5, 5.41) is 14.0. The third kappa shape index (κ3) is 3.98. The van der Waals surface area contributed by atoms with Gasteiger partial charge in [-0.05, 0) is 37.2 Å². The minimum atomic E-state index is -0.658. The molecule has 0 bridgehead atoms. The fourth-order valence-electron chi connectivity index (χ4n) is 2.43. The van der Waals surface area contributed by atoms with E-state index in [1.54, 1.807) is 12.1 Å². The molecule has 1 aromatic heterocycles. The number of halogens is 1. The minimum Gasteiger partial charge on any atom is -0.399 e. The zero-order valence-corrected chi connectivity index (χ0v) is 12.3. The van der Waals surface area contributed by atoms with E-state index in [0.29, 0.717) is 28.6 Å². The molecule has 0 aliphatic heterocycles. The molecule has 4 N–H and O–H groups in total. The summed E-state index contributed by atoms with van der Waals surface area (Å²) in [6, 6.07) is 3.33. The lowest BCUT2D eigenvalue weighted by atomic mass is 9.71. The van der Waals surface area contributed by atoms with Crippen molar-refractivity contribution in [3.05, 3.63) is 17.3 Å². The van der Waals surface area contributed by atoms with Crippen LogP contribution in [0.2, 0.25) is 5.15 Å². The highest BCUT2D eigenvalue weighted by Gasteiger charge is 2.36. The number of nitrogen functional groups attached to an aromatic ring is 1. The molecule has 1 aromatic rings. The highest BCUT2D eigenvalue weighted by Crippen LogP contribution is 2.40. The number of nitrogens with one attached hydrogen (secondary N) is 1. The van der Waals surface area contributed by atoms with Gasteiger partial charge in [0.1, 0.15) is 11.0 Å². The van der Waals surface area contributed by atoms with Crippen molar-refractivity contribution in [1.82, 2.24) is 4.98 Å². The van der Waals surface area contributed by atoms with Crippen LogP contribution in [0.15, 0.2) is 12.1 Å². The van der Waals surface area contributed by atoms with E-state index in [1.165, 1.54) is 0 Å². The highest BCUT2D eigenvalue weighted by molar-refractivity contribution is 6.29. The van der Waals surface area contributed by atoms with Gasteiger partial charge in [-0.1, -0.05) is 25.4 Å². The van der Waals surface area contributed by atoms with Gasteiger partial charge >= 0.3 is 0 Å². The van der Waals surface area contributed by atoms with Crippen LogP contribution in [0.4, 0.5) is 11.5 Å². The summed E-state index contributed by atoms with van der Waals surface area (Å²) in [5.74, 6) is 0.614. The van der Waals surface area contributed by atoms with Gasteiger partial charge in [-0.25, -0.2) is 4.98 Å². The molecule has 0 amide bonds. The summed E-state index contributed by atoms with van der Waals surface area (Å²) in [6.07, 6.45) is 3.69. The van der Waals surface area contributed by atoms with Crippen molar-refractivity contribution in [1.29, 1.82) is 0 Å². The summed E-state index contributed by atoms with van der Waals surface area (Å²) in [7, 11) is 0. The molecule has 4 nitrogen and oxygen atoms in total. The standard InChI is InChI=1S/C14H22ClN3O/c1-13(2)3-5-14(19,6-4-13)9-17-12-8-10(16)7-11(15)18-12/h7-8,19H,3-6,9H2,1-2H3,(H3,16,17,18). The molecule has 0 radical (unpaired) electrons. The maximum Gasteiger partial charge on any atom is 0.133 e. The van der Waals surface area contributed by atoms with E-state index in [1.807, 2.05) is 0 Å². The molecular formula is C14H22ClN3O. The molecule has 19 heavy (non-hydrogen) atoms. The topological polar surface area (TPSA) is 71.2 Å². The van der Waals surface area contributed by atoms with Crippen molar-refractivity contribution < 1.29 is 5.11 Å². The smallest absolute Gasteiger partial charge is 0.133 e. The first-order valence-electron chi connectivity index (χ1n) is 6.67. The van der Waals surface area contributed by atoms with Crippen molar-refractivity contribution in [3.63, 3.8) is 0 Å². The predicted molar refractivity (Wildman–Crippen MR) is 79.3 cm³/mol. The number of aromatic nitrogens is 1. The predicted octanol–water partition coefficient (Wildman–Crippen LogP) is 3.06. The number of anilines is 2. The van der Waals surface area contributed by atoms with E-state index >= 15 is 0 Å². The Morgan fingerprint density at radius 1 is 1.32 bits per heavy atom. The highest BCUT2D eigenvalue weighted by atomic mass is 35.5. The summed E-state index contributed by atoms with van der Waals surface area (Å²) in [6.45, 7) is 4.98. The molecule has 1 heterocycles. The Bertz CT molecular complexity index is 432. The lowest BCUT2D eigenvalue weighted by Gasteiger charge is -2.40. The van der Waals surface area contributed by atoms with E-state index in [4.69, 9.17) is 17.3 Å². The molecule has 106 valence electrons. The minimum absolute atomic E-state index is 0.338. The van der Waals surface area contributed by atoms with Gasteiger partial charge in [-0.2, -0.15) is 0 Å². The Morgan fingerprint density at radius 2 is 1.95 bits per heavy atom. The molecule has 2 rings (SSSR count). The van der Waals surface area contributed by atoms with Crippen LogP contribution in [0, 0.1) is 5.41 Å². The van der Waals surface area contributed by atoms with Gasteiger partial charge in [-0.15, -0.1) is 0 Å². The van der Waals surface area contributed by atoms with Gasteiger partial charge in [0.05, 0.1) is 5.60 Å². The zero-order valence-electron chi connectivity index (χ0n) is 11.5. The van der Waals surface area contributed by atoms with Gasteiger partial charge in [-0.3, -0.25) is 0 Å². The molecule has 0 atom stereocenters. The average Bonchev–Trinajstić information content (AvgIpc) is 2.30. The van der Waals surface area contributed by atoms with Crippen molar-refractivity contribution in [2.75, 3.05) is 17.6 Å². The van der Waals surface area contributed by atoms with Crippen LogP contribution < -0.4 is 11.1 Å². The van der Waals surface area contributed by atoms with Crippen molar-refractivity contribution in [2.24, 2.45) is 5.41 Å². The summed E-state index contributed by atoms with van der Waals surface area (Å²) >= 11 is 5.85. The molecule has 0 saturated heterocycles. The van der Waals surface area contributed by atoms with Crippen LogP contribution in [-0.4, -0.2) is 22.2 Å². The molecule has 1 saturated carbocycles. The molecule has 0 unspecified atom stereocenters. The summed E-state index contributed by atoms with van der Waals surface area (Å²) in [5.41, 5.74) is 5.96. The Balaban J connectivity index is 1.95. The molecule has 1 fully saturated rings. The van der Waals surface area contributed by atoms with Crippen molar-refractivity contribution >= 4 is 23.1 Å². The fourth-order valence-corrected chi connectivity index (χ4v) is 2.65. The van der Waals surface area contributed by atoms with Gasteiger partial charge in [0.15, 0.2) is 0 Å². The Kier molecular flexibility index (Phi) is 3.92. The molecule has 1 aliphatic carbocycles. The normalized spacial score (nSPS) is 21.1. The van der Waals surface area contributed by atoms with Crippen molar-refractivity contribution in [3.8, 4) is 0 Å². The second kappa shape index (κ2) is 5.17. The van der Waals surface area contributed by atoms with E-state index < -0.39 is 5.60 Å². The average molecular weight is 284 g/mol. The zero-order chi connectivity index (χ0) is 14.1.